The summed E-state index contributed by atoms with van der Waals surface area (Å²) in [7, 11) is 1.80. The van der Waals surface area contributed by atoms with Gasteiger partial charge in [0.15, 0.2) is 0 Å². The van der Waals surface area contributed by atoms with Crippen LogP contribution in [-0.4, -0.2) is 7.05 Å². The van der Waals surface area contributed by atoms with E-state index in [-0.39, 0.29) is 17.7 Å². The minimum atomic E-state index is -0.326. The lowest BCUT2D eigenvalue weighted by Gasteiger charge is -2.17. The molecule has 1 saturated carbocycles. The average molecular weight is 225 g/mol. The van der Waals surface area contributed by atoms with Crippen LogP contribution in [0, 0.1) is 24.5 Å². The second kappa shape index (κ2) is 4.50. The molecular formula is C13H17F2N. The van der Waals surface area contributed by atoms with Crippen LogP contribution in [-0.2, 0) is 0 Å². The summed E-state index contributed by atoms with van der Waals surface area (Å²) in [4.78, 5) is 0. The van der Waals surface area contributed by atoms with Crippen LogP contribution in [0.15, 0.2) is 12.1 Å². The van der Waals surface area contributed by atoms with Gasteiger partial charge < -0.3 is 5.32 Å². The van der Waals surface area contributed by atoms with Crippen LogP contribution in [0.1, 0.15) is 36.4 Å². The Bertz CT molecular complexity index is 386. The van der Waals surface area contributed by atoms with Crippen molar-refractivity contribution >= 4 is 0 Å². The molecule has 1 unspecified atom stereocenters. The Kier molecular flexibility index (Phi) is 3.24. The van der Waals surface area contributed by atoms with Gasteiger partial charge in [-0.2, -0.15) is 0 Å². The summed E-state index contributed by atoms with van der Waals surface area (Å²) < 4.78 is 27.1. The van der Waals surface area contributed by atoms with E-state index in [4.69, 9.17) is 0 Å². The summed E-state index contributed by atoms with van der Waals surface area (Å²) >= 11 is 0. The Morgan fingerprint density at radius 3 is 2.56 bits per heavy atom. The molecule has 0 aromatic heterocycles. The quantitative estimate of drug-likeness (QED) is 0.828. The zero-order chi connectivity index (χ0) is 11.7. The Labute approximate surface area is 94.9 Å². The lowest BCUT2D eigenvalue weighted by Crippen LogP contribution is -2.18. The van der Waals surface area contributed by atoms with Crippen LogP contribution in [0.5, 0.6) is 0 Å². The molecule has 1 nitrogen and oxygen atoms in total. The third-order valence-electron chi connectivity index (χ3n) is 3.27. The molecule has 1 N–H and O–H groups in total. The van der Waals surface area contributed by atoms with Gasteiger partial charge in [0.1, 0.15) is 11.6 Å². The highest BCUT2D eigenvalue weighted by molar-refractivity contribution is 5.27. The molecular weight excluding hydrogens is 208 g/mol. The second-order valence-corrected chi connectivity index (χ2v) is 4.64. The van der Waals surface area contributed by atoms with Crippen LogP contribution in [0.25, 0.3) is 0 Å². The maximum atomic E-state index is 13.7. The van der Waals surface area contributed by atoms with Gasteiger partial charge in [-0.15, -0.1) is 0 Å². The van der Waals surface area contributed by atoms with Crippen LogP contribution in [0.2, 0.25) is 0 Å². The van der Waals surface area contributed by atoms with E-state index >= 15 is 0 Å². The third kappa shape index (κ3) is 2.40. The topological polar surface area (TPSA) is 12.0 Å². The number of benzene rings is 1. The zero-order valence-corrected chi connectivity index (χ0v) is 9.69. The highest BCUT2D eigenvalue weighted by Crippen LogP contribution is 2.38. The number of halogens is 2. The Balaban J connectivity index is 2.25. The smallest absolute Gasteiger partial charge is 0.128 e. The van der Waals surface area contributed by atoms with Gasteiger partial charge in [-0.25, -0.2) is 8.78 Å². The predicted octanol–water partition coefficient (Wildman–Crippen LogP) is 3.33. The molecule has 0 radical (unpaired) electrons. The standard InChI is InChI=1S/C13H17F2N/c1-8-5-12(15)10(7-11(8)14)13(16-2)6-9-3-4-9/h5,7,9,13,16H,3-4,6H2,1-2H3. The summed E-state index contributed by atoms with van der Waals surface area (Å²) in [5.74, 6) is 0.0487. The molecule has 88 valence electrons. The molecule has 0 saturated heterocycles. The largest absolute Gasteiger partial charge is 0.313 e. The van der Waals surface area contributed by atoms with Crippen LogP contribution in [0.4, 0.5) is 8.78 Å². The molecule has 2 rings (SSSR count). The molecule has 0 heterocycles. The molecule has 1 aromatic carbocycles. The number of hydrogen-bond donors (Lipinski definition) is 1. The lowest BCUT2D eigenvalue weighted by atomic mass is 9.99. The van der Waals surface area contributed by atoms with E-state index in [9.17, 15) is 8.78 Å². The van der Waals surface area contributed by atoms with Gasteiger partial charge >= 0.3 is 0 Å². The molecule has 0 bridgehead atoms. The number of nitrogens with one attached hydrogen (secondary N) is 1. The molecule has 1 atom stereocenters. The first-order valence-corrected chi connectivity index (χ1v) is 5.74. The van der Waals surface area contributed by atoms with E-state index in [2.05, 4.69) is 5.32 Å². The van der Waals surface area contributed by atoms with Gasteiger partial charge in [0.2, 0.25) is 0 Å². The highest BCUT2D eigenvalue weighted by atomic mass is 19.1. The van der Waals surface area contributed by atoms with Crippen molar-refractivity contribution in [1.29, 1.82) is 0 Å². The highest BCUT2D eigenvalue weighted by Gasteiger charge is 2.27. The molecule has 0 spiro atoms. The molecule has 16 heavy (non-hydrogen) atoms. The van der Waals surface area contributed by atoms with Crippen molar-refractivity contribution < 1.29 is 8.78 Å². The molecule has 3 heteroatoms. The SMILES string of the molecule is CNC(CC1CC1)c1cc(F)c(C)cc1F. The van der Waals surface area contributed by atoms with Crippen LogP contribution < -0.4 is 5.32 Å². The van der Waals surface area contributed by atoms with Crippen molar-refractivity contribution in [2.75, 3.05) is 7.05 Å². The summed E-state index contributed by atoms with van der Waals surface area (Å²) in [6.07, 6.45) is 3.33. The minimum absolute atomic E-state index is 0.0670. The number of rotatable bonds is 4. The first kappa shape index (κ1) is 11.5. The summed E-state index contributed by atoms with van der Waals surface area (Å²) in [6.45, 7) is 1.58. The number of hydrogen-bond acceptors (Lipinski definition) is 1. The third-order valence-corrected chi connectivity index (χ3v) is 3.27. The van der Waals surface area contributed by atoms with E-state index in [0.717, 1.165) is 6.42 Å². The monoisotopic (exact) mass is 225 g/mol. The fourth-order valence-electron chi connectivity index (χ4n) is 2.02. The van der Waals surface area contributed by atoms with Crippen molar-refractivity contribution in [3.63, 3.8) is 0 Å². The molecule has 1 fully saturated rings. The van der Waals surface area contributed by atoms with Gasteiger partial charge in [0.05, 0.1) is 0 Å². The van der Waals surface area contributed by atoms with E-state index in [1.807, 2.05) is 0 Å². The molecule has 1 aliphatic carbocycles. The molecule has 1 aliphatic rings. The summed E-state index contributed by atoms with van der Waals surface area (Å²) in [6, 6.07) is 2.54. The Morgan fingerprint density at radius 1 is 1.31 bits per heavy atom. The van der Waals surface area contributed by atoms with Gasteiger partial charge in [0, 0.05) is 11.6 Å². The van der Waals surface area contributed by atoms with Gasteiger partial charge in [0.25, 0.3) is 0 Å². The Morgan fingerprint density at radius 2 is 2.00 bits per heavy atom. The average Bonchev–Trinajstić information content (AvgIpc) is 3.04. The second-order valence-electron chi connectivity index (χ2n) is 4.64. The first-order chi connectivity index (χ1) is 7.61. The Hall–Kier alpha value is -0.960. The summed E-state index contributed by atoms with van der Waals surface area (Å²) in [5, 5.41) is 3.07. The van der Waals surface area contributed by atoms with E-state index in [1.165, 1.54) is 25.0 Å². The van der Waals surface area contributed by atoms with Gasteiger partial charge in [-0.05, 0) is 44.0 Å². The fraction of sp³-hybridized carbons (Fsp3) is 0.538. The van der Waals surface area contributed by atoms with E-state index < -0.39 is 0 Å². The fourth-order valence-corrected chi connectivity index (χ4v) is 2.02. The predicted molar refractivity (Wildman–Crippen MR) is 60.2 cm³/mol. The molecule has 1 aromatic rings. The van der Waals surface area contributed by atoms with Gasteiger partial charge in [-0.3, -0.25) is 0 Å². The van der Waals surface area contributed by atoms with Crippen molar-refractivity contribution in [1.82, 2.24) is 5.32 Å². The summed E-state index contributed by atoms with van der Waals surface area (Å²) in [5.41, 5.74) is 0.819. The minimum Gasteiger partial charge on any atom is -0.313 e. The zero-order valence-electron chi connectivity index (χ0n) is 9.69. The van der Waals surface area contributed by atoms with Crippen molar-refractivity contribution in [3.05, 3.63) is 34.9 Å². The van der Waals surface area contributed by atoms with Crippen molar-refractivity contribution in [3.8, 4) is 0 Å². The normalized spacial score (nSPS) is 17.5. The van der Waals surface area contributed by atoms with Crippen LogP contribution >= 0.6 is 0 Å². The first-order valence-electron chi connectivity index (χ1n) is 5.74. The number of aryl methyl sites for hydroxylation is 1. The molecule has 0 aliphatic heterocycles. The van der Waals surface area contributed by atoms with Crippen molar-refractivity contribution in [2.24, 2.45) is 5.92 Å². The van der Waals surface area contributed by atoms with E-state index in [1.54, 1.807) is 14.0 Å². The molecule has 0 amide bonds. The maximum Gasteiger partial charge on any atom is 0.128 e. The van der Waals surface area contributed by atoms with Crippen molar-refractivity contribution in [2.45, 2.75) is 32.2 Å². The lowest BCUT2D eigenvalue weighted by molar-refractivity contribution is 0.478. The van der Waals surface area contributed by atoms with Crippen LogP contribution in [0.3, 0.4) is 0 Å². The van der Waals surface area contributed by atoms with E-state index in [0.29, 0.717) is 17.0 Å². The maximum absolute atomic E-state index is 13.7. The van der Waals surface area contributed by atoms with Gasteiger partial charge in [-0.1, -0.05) is 12.8 Å².